The summed E-state index contributed by atoms with van der Waals surface area (Å²) in [5.74, 6) is -0.0705. The van der Waals surface area contributed by atoms with Crippen molar-refractivity contribution in [3.05, 3.63) is 40.4 Å². The van der Waals surface area contributed by atoms with Gasteiger partial charge in [-0.2, -0.15) is 4.68 Å². The standard InChI is InChI=1S/C10H10N2O2/c1-7-5-3-4-6-8(7)9-11-12(2)10(13)14-9/h3-6H,1-2H3. The number of nitrogens with zero attached hydrogens (tertiary/aromatic N) is 2. The van der Waals surface area contributed by atoms with Crippen LogP contribution in [0, 0.1) is 6.92 Å². The van der Waals surface area contributed by atoms with Gasteiger partial charge in [-0.1, -0.05) is 18.2 Å². The second-order valence-corrected chi connectivity index (χ2v) is 3.11. The molecule has 0 spiro atoms. The van der Waals surface area contributed by atoms with Gasteiger partial charge < -0.3 is 4.42 Å². The molecule has 4 heteroatoms. The summed E-state index contributed by atoms with van der Waals surface area (Å²) < 4.78 is 6.16. The molecule has 0 N–H and O–H groups in total. The predicted octanol–water partition coefficient (Wildman–Crippen LogP) is 1.35. The zero-order valence-electron chi connectivity index (χ0n) is 8.02. The van der Waals surface area contributed by atoms with Crippen LogP contribution in [0.4, 0.5) is 0 Å². The lowest BCUT2D eigenvalue weighted by atomic mass is 10.1. The van der Waals surface area contributed by atoms with Crippen LogP contribution in [-0.2, 0) is 7.05 Å². The molecule has 2 aromatic rings. The molecular weight excluding hydrogens is 180 g/mol. The van der Waals surface area contributed by atoms with E-state index in [2.05, 4.69) is 5.10 Å². The summed E-state index contributed by atoms with van der Waals surface area (Å²) in [5, 5.41) is 3.98. The molecule has 0 atom stereocenters. The van der Waals surface area contributed by atoms with Gasteiger partial charge in [0.2, 0.25) is 5.89 Å². The van der Waals surface area contributed by atoms with E-state index in [0.29, 0.717) is 5.89 Å². The second kappa shape index (κ2) is 3.14. The molecule has 0 fully saturated rings. The van der Waals surface area contributed by atoms with Gasteiger partial charge in [0.25, 0.3) is 0 Å². The molecule has 0 saturated carbocycles. The van der Waals surface area contributed by atoms with E-state index >= 15 is 0 Å². The molecule has 0 amide bonds. The molecule has 1 aromatic heterocycles. The van der Waals surface area contributed by atoms with Gasteiger partial charge in [0.1, 0.15) is 0 Å². The lowest BCUT2D eigenvalue weighted by Gasteiger charge is -1.97. The molecule has 0 bridgehead atoms. The highest BCUT2D eigenvalue weighted by Crippen LogP contribution is 2.18. The third-order valence-corrected chi connectivity index (χ3v) is 2.06. The average Bonchev–Trinajstić information content (AvgIpc) is 2.48. The van der Waals surface area contributed by atoms with Crippen LogP contribution in [0.15, 0.2) is 33.5 Å². The Kier molecular flexibility index (Phi) is 1.96. The highest BCUT2D eigenvalue weighted by Gasteiger charge is 2.08. The van der Waals surface area contributed by atoms with Crippen LogP contribution in [0.5, 0.6) is 0 Å². The summed E-state index contributed by atoms with van der Waals surface area (Å²) in [5.41, 5.74) is 1.89. The normalized spacial score (nSPS) is 10.4. The van der Waals surface area contributed by atoms with Crippen molar-refractivity contribution in [2.45, 2.75) is 6.92 Å². The van der Waals surface area contributed by atoms with Gasteiger partial charge >= 0.3 is 5.76 Å². The molecule has 14 heavy (non-hydrogen) atoms. The molecule has 72 valence electrons. The SMILES string of the molecule is Cc1ccccc1-c1nn(C)c(=O)o1. The van der Waals surface area contributed by atoms with E-state index in [1.165, 1.54) is 4.68 Å². The minimum Gasteiger partial charge on any atom is -0.388 e. The zero-order chi connectivity index (χ0) is 10.1. The van der Waals surface area contributed by atoms with Crippen molar-refractivity contribution in [3.8, 4) is 11.5 Å². The van der Waals surface area contributed by atoms with Crippen LogP contribution < -0.4 is 5.76 Å². The maximum Gasteiger partial charge on any atom is 0.437 e. The number of rotatable bonds is 1. The van der Waals surface area contributed by atoms with Gasteiger partial charge in [0.15, 0.2) is 0 Å². The summed E-state index contributed by atoms with van der Waals surface area (Å²) in [4.78, 5) is 11.1. The fourth-order valence-corrected chi connectivity index (χ4v) is 1.27. The van der Waals surface area contributed by atoms with Crippen LogP contribution in [0.2, 0.25) is 0 Å². The maximum absolute atomic E-state index is 11.1. The van der Waals surface area contributed by atoms with E-state index in [0.717, 1.165) is 11.1 Å². The van der Waals surface area contributed by atoms with Crippen molar-refractivity contribution >= 4 is 0 Å². The molecule has 4 nitrogen and oxygen atoms in total. The highest BCUT2D eigenvalue weighted by atomic mass is 16.4. The van der Waals surface area contributed by atoms with E-state index in [1.54, 1.807) is 7.05 Å². The van der Waals surface area contributed by atoms with Crippen molar-refractivity contribution in [2.24, 2.45) is 7.05 Å². The first-order chi connectivity index (χ1) is 6.68. The number of hydrogen-bond donors (Lipinski definition) is 0. The fourth-order valence-electron chi connectivity index (χ4n) is 1.27. The molecule has 2 rings (SSSR count). The Hall–Kier alpha value is -1.84. The Bertz CT molecular complexity index is 511. The van der Waals surface area contributed by atoms with Crippen LogP contribution in [0.1, 0.15) is 5.56 Å². The summed E-state index contributed by atoms with van der Waals surface area (Å²) in [6.45, 7) is 1.95. The van der Waals surface area contributed by atoms with E-state index < -0.39 is 5.76 Å². The van der Waals surface area contributed by atoms with Gasteiger partial charge in [-0.15, -0.1) is 5.10 Å². The topological polar surface area (TPSA) is 48.0 Å². The first-order valence-electron chi connectivity index (χ1n) is 4.28. The molecule has 1 heterocycles. The number of hydrogen-bond acceptors (Lipinski definition) is 3. The third kappa shape index (κ3) is 1.35. The van der Waals surface area contributed by atoms with Crippen LogP contribution >= 0.6 is 0 Å². The smallest absolute Gasteiger partial charge is 0.388 e. The number of aromatic nitrogens is 2. The first-order valence-corrected chi connectivity index (χ1v) is 4.28. The van der Waals surface area contributed by atoms with Crippen LogP contribution in [0.25, 0.3) is 11.5 Å². The molecule has 0 aliphatic heterocycles. The van der Waals surface area contributed by atoms with Gasteiger partial charge in [-0.05, 0) is 18.6 Å². The predicted molar refractivity (Wildman–Crippen MR) is 51.9 cm³/mol. The Morgan fingerprint density at radius 3 is 2.64 bits per heavy atom. The largest absolute Gasteiger partial charge is 0.437 e. The highest BCUT2D eigenvalue weighted by molar-refractivity contribution is 5.57. The van der Waals surface area contributed by atoms with E-state index in [-0.39, 0.29) is 0 Å². The average molecular weight is 190 g/mol. The second-order valence-electron chi connectivity index (χ2n) is 3.11. The third-order valence-electron chi connectivity index (χ3n) is 2.06. The Morgan fingerprint density at radius 2 is 2.07 bits per heavy atom. The molecule has 1 aromatic carbocycles. The molecule has 0 unspecified atom stereocenters. The van der Waals surface area contributed by atoms with Crippen LogP contribution in [-0.4, -0.2) is 9.78 Å². The van der Waals surface area contributed by atoms with E-state index in [9.17, 15) is 4.79 Å². The van der Waals surface area contributed by atoms with E-state index in [4.69, 9.17) is 4.42 Å². The Labute approximate surface area is 80.8 Å². The lowest BCUT2D eigenvalue weighted by molar-refractivity contribution is 0.505. The van der Waals surface area contributed by atoms with Crippen molar-refractivity contribution in [2.75, 3.05) is 0 Å². The number of benzene rings is 1. The maximum atomic E-state index is 11.1. The molecule has 0 aliphatic rings. The molecule has 0 aliphatic carbocycles. The summed E-state index contributed by atoms with van der Waals surface area (Å²) in [7, 11) is 1.56. The van der Waals surface area contributed by atoms with Crippen LogP contribution in [0.3, 0.4) is 0 Å². The van der Waals surface area contributed by atoms with Gasteiger partial charge in [0.05, 0.1) is 0 Å². The monoisotopic (exact) mass is 190 g/mol. The Morgan fingerprint density at radius 1 is 1.36 bits per heavy atom. The van der Waals surface area contributed by atoms with Gasteiger partial charge in [-0.3, -0.25) is 0 Å². The minimum atomic E-state index is -0.441. The minimum absolute atomic E-state index is 0.371. The summed E-state index contributed by atoms with van der Waals surface area (Å²) in [6, 6.07) is 7.64. The van der Waals surface area contributed by atoms with E-state index in [1.807, 2.05) is 31.2 Å². The first kappa shape index (κ1) is 8.74. The van der Waals surface area contributed by atoms with Crippen molar-refractivity contribution in [3.63, 3.8) is 0 Å². The van der Waals surface area contributed by atoms with Gasteiger partial charge in [0, 0.05) is 12.6 Å². The quantitative estimate of drug-likeness (QED) is 0.682. The lowest BCUT2D eigenvalue weighted by Crippen LogP contribution is -2.09. The van der Waals surface area contributed by atoms with Crippen molar-refractivity contribution < 1.29 is 4.42 Å². The fraction of sp³-hybridized carbons (Fsp3) is 0.200. The summed E-state index contributed by atoms with van der Waals surface area (Å²) in [6.07, 6.45) is 0. The van der Waals surface area contributed by atoms with Crippen molar-refractivity contribution in [1.82, 2.24) is 9.78 Å². The molecule has 0 radical (unpaired) electrons. The zero-order valence-corrected chi connectivity index (χ0v) is 8.02. The van der Waals surface area contributed by atoms with Gasteiger partial charge in [-0.25, -0.2) is 4.79 Å². The number of aryl methyl sites for hydroxylation is 2. The Balaban J connectivity index is 2.60. The molecule has 0 saturated heterocycles. The molecular formula is C10H10N2O2. The van der Waals surface area contributed by atoms with Crippen molar-refractivity contribution in [1.29, 1.82) is 0 Å². The summed E-state index contributed by atoms with van der Waals surface area (Å²) >= 11 is 0.